The number of sulfonamides is 1. The highest BCUT2D eigenvalue weighted by Gasteiger charge is 2.32. The number of carbonyl (C=O) groups excluding carboxylic acids is 1. The van der Waals surface area contributed by atoms with Crippen molar-refractivity contribution < 1.29 is 13.2 Å². The predicted octanol–water partition coefficient (Wildman–Crippen LogP) is 4.14. The number of benzene rings is 2. The van der Waals surface area contributed by atoms with Crippen LogP contribution in [0.1, 0.15) is 22.5 Å². The van der Waals surface area contributed by atoms with E-state index < -0.39 is 15.9 Å². The van der Waals surface area contributed by atoms with Crippen LogP contribution in [-0.4, -0.2) is 30.7 Å². The fourth-order valence-corrected chi connectivity index (χ4v) is 5.40. The van der Waals surface area contributed by atoms with E-state index in [9.17, 15) is 13.2 Å². The molecule has 0 saturated heterocycles. The van der Waals surface area contributed by atoms with E-state index in [2.05, 4.69) is 10.4 Å². The van der Waals surface area contributed by atoms with E-state index in [0.29, 0.717) is 27.8 Å². The lowest BCUT2D eigenvalue weighted by Crippen LogP contribution is -2.38. The molecule has 7 nitrogen and oxygen atoms in total. The second-order valence-electron chi connectivity index (χ2n) is 7.48. The van der Waals surface area contributed by atoms with Crippen LogP contribution in [0.15, 0.2) is 47.4 Å². The van der Waals surface area contributed by atoms with Crippen LogP contribution in [0, 0.1) is 27.7 Å². The van der Waals surface area contributed by atoms with E-state index in [4.69, 9.17) is 11.6 Å². The molecule has 0 radical (unpaired) electrons. The molecule has 0 aliphatic rings. The summed E-state index contributed by atoms with van der Waals surface area (Å²) in [6.45, 7) is 6.68. The van der Waals surface area contributed by atoms with Crippen molar-refractivity contribution in [1.82, 2.24) is 9.78 Å². The minimum atomic E-state index is -4.04. The molecule has 2 aromatic carbocycles. The molecular weight excluding hydrogens is 436 g/mol. The van der Waals surface area contributed by atoms with E-state index in [1.165, 1.54) is 4.68 Å². The molecule has 0 spiro atoms. The standard InChI is InChI=1S/C22H25ClN4O3S/c1-14-6-9-19(10-7-14)27(31(29,30)22-16(3)25-26(5)17(22)4)13-21(28)24-20-11-8-18(23)12-15(20)2/h6-12H,13H2,1-5H3,(H,24,28). The van der Waals surface area contributed by atoms with E-state index in [1.54, 1.807) is 51.2 Å². The average Bonchev–Trinajstić information content (AvgIpc) is 2.95. The molecule has 31 heavy (non-hydrogen) atoms. The summed E-state index contributed by atoms with van der Waals surface area (Å²) in [5.41, 5.74) is 3.62. The summed E-state index contributed by atoms with van der Waals surface area (Å²) >= 11 is 5.98. The van der Waals surface area contributed by atoms with Crippen LogP contribution < -0.4 is 9.62 Å². The van der Waals surface area contributed by atoms with Crippen LogP contribution in [-0.2, 0) is 21.9 Å². The second kappa shape index (κ2) is 8.72. The molecule has 9 heteroatoms. The van der Waals surface area contributed by atoms with Gasteiger partial charge in [0, 0.05) is 17.8 Å². The first kappa shape index (κ1) is 22.8. The van der Waals surface area contributed by atoms with Gasteiger partial charge in [-0.2, -0.15) is 5.10 Å². The van der Waals surface area contributed by atoms with Crippen molar-refractivity contribution in [3.63, 3.8) is 0 Å². The van der Waals surface area contributed by atoms with Crippen LogP contribution in [0.5, 0.6) is 0 Å². The molecule has 3 rings (SSSR count). The minimum absolute atomic E-state index is 0.103. The first-order valence-electron chi connectivity index (χ1n) is 9.66. The highest BCUT2D eigenvalue weighted by Crippen LogP contribution is 2.28. The van der Waals surface area contributed by atoms with Gasteiger partial charge in [0.15, 0.2) is 0 Å². The Morgan fingerprint density at radius 1 is 1.10 bits per heavy atom. The molecule has 0 aliphatic carbocycles. The van der Waals surface area contributed by atoms with Crippen LogP contribution in [0.25, 0.3) is 0 Å². The normalized spacial score (nSPS) is 11.4. The molecule has 0 fully saturated rings. The monoisotopic (exact) mass is 460 g/mol. The number of hydrogen-bond acceptors (Lipinski definition) is 4. The lowest BCUT2D eigenvalue weighted by atomic mass is 10.2. The lowest BCUT2D eigenvalue weighted by Gasteiger charge is -2.24. The van der Waals surface area contributed by atoms with E-state index in [-0.39, 0.29) is 11.4 Å². The zero-order chi connectivity index (χ0) is 22.9. The van der Waals surface area contributed by atoms with Gasteiger partial charge in [0.25, 0.3) is 10.0 Å². The molecule has 0 unspecified atom stereocenters. The molecule has 0 bridgehead atoms. The zero-order valence-corrected chi connectivity index (χ0v) is 19.7. The van der Waals surface area contributed by atoms with Crippen molar-refractivity contribution >= 4 is 38.9 Å². The van der Waals surface area contributed by atoms with Gasteiger partial charge in [-0.15, -0.1) is 0 Å². The van der Waals surface area contributed by atoms with Gasteiger partial charge in [0.05, 0.1) is 17.1 Å². The number of rotatable bonds is 6. The summed E-state index contributed by atoms with van der Waals surface area (Å²) in [5, 5.41) is 7.57. The van der Waals surface area contributed by atoms with Crippen molar-refractivity contribution in [2.75, 3.05) is 16.2 Å². The van der Waals surface area contributed by atoms with Crippen LogP contribution in [0.2, 0.25) is 5.02 Å². The fourth-order valence-electron chi connectivity index (χ4n) is 3.35. The third-order valence-corrected chi connectivity index (χ3v) is 7.32. The first-order chi connectivity index (χ1) is 14.5. The Kier molecular flexibility index (Phi) is 6.43. The average molecular weight is 461 g/mol. The van der Waals surface area contributed by atoms with Gasteiger partial charge in [0.2, 0.25) is 5.91 Å². The van der Waals surface area contributed by atoms with E-state index in [0.717, 1.165) is 15.4 Å². The third kappa shape index (κ3) is 4.75. The van der Waals surface area contributed by atoms with Gasteiger partial charge in [-0.3, -0.25) is 13.8 Å². The van der Waals surface area contributed by atoms with E-state index in [1.807, 2.05) is 26.0 Å². The number of aryl methyl sites for hydroxylation is 4. The summed E-state index contributed by atoms with van der Waals surface area (Å²) < 4.78 is 29.9. The highest BCUT2D eigenvalue weighted by molar-refractivity contribution is 7.93. The lowest BCUT2D eigenvalue weighted by molar-refractivity contribution is -0.114. The number of halogens is 1. The van der Waals surface area contributed by atoms with Crippen molar-refractivity contribution in [2.24, 2.45) is 7.05 Å². The van der Waals surface area contributed by atoms with Crippen LogP contribution in [0.4, 0.5) is 11.4 Å². The van der Waals surface area contributed by atoms with Crippen molar-refractivity contribution in [2.45, 2.75) is 32.6 Å². The molecule has 164 valence electrons. The first-order valence-corrected chi connectivity index (χ1v) is 11.5. The fraction of sp³-hybridized carbons (Fsp3) is 0.273. The Morgan fingerprint density at radius 3 is 2.29 bits per heavy atom. The second-order valence-corrected chi connectivity index (χ2v) is 9.71. The molecule has 0 saturated carbocycles. The molecule has 1 aromatic heterocycles. The Labute approximate surface area is 187 Å². The van der Waals surface area contributed by atoms with Gasteiger partial charge in [-0.25, -0.2) is 8.42 Å². The van der Waals surface area contributed by atoms with Crippen LogP contribution >= 0.6 is 11.6 Å². The summed E-state index contributed by atoms with van der Waals surface area (Å²) in [6.07, 6.45) is 0. The Hall–Kier alpha value is -2.84. The Balaban J connectivity index is 2.01. The van der Waals surface area contributed by atoms with Gasteiger partial charge in [0.1, 0.15) is 11.4 Å². The number of amides is 1. The smallest absolute Gasteiger partial charge is 0.268 e. The molecule has 0 atom stereocenters. The maximum atomic E-state index is 13.6. The number of hydrogen-bond donors (Lipinski definition) is 1. The zero-order valence-electron chi connectivity index (χ0n) is 18.1. The Bertz CT molecular complexity index is 1230. The number of nitrogens with zero attached hydrogens (tertiary/aromatic N) is 3. The molecule has 0 aliphatic heterocycles. The summed E-state index contributed by atoms with van der Waals surface area (Å²) in [7, 11) is -2.36. The van der Waals surface area contributed by atoms with E-state index >= 15 is 0 Å². The van der Waals surface area contributed by atoms with Gasteiger partial charge in [-0.1, -0.05) is 29.3 Å². The van der Waals surface area contributed by atoms with Gasteiger partial charge < -0.3 is 5.32 Å². The SMILES string of the molecule is Cc1ccc(N(CC(=O)Nc2ccc(Cl)cc2C)S(=O)(=O)c2c(C)nn(C)c2C)cc1. The number of anilines is 2. The number of aromatic nitrogens is 2. The van der Waals surface area contributed by atoms with Crippen LogP contribution in [0.3, 0.4) is 0 Å². The number of nitrogens with one attached hydrogen (secondary N) is 1. The van der Waals surface area contributed by atoms with Crippen molar-refractivity contribution in [1.29, 1.82) is 0 Å². The summed E-state index contributed by atoms with van der Waals surface area (Å²) in [5.74, 6) is -0.464. The molecule has 3 aromatic rings. The Morgan fingerprint density at radius 2 is 1.74 bits per heavy atom. The molecule has 1 N–H and O–H groups in total. The quantitative estimate of drug-likeness (QED) is 0.599. The third-order valence-electron chi connectivity index (χ3n) is 5.06. The molecular formula is C22H25ClN4O3S. The maximum absolute atomic E-state index is 13.6. The highest BCUT2D eigenvalue weighted by atomic mass is 35.5. The van der Waals surface area contributed by atoms with Crippen molar-refractivity contribution in [3.8, 4) is 0 Å². The predicted molar refractivity (Wildman–Crippen MR) is 123 cm³/mol. The van der Waals surface area contributed by atoms with Gasteiger partial charge in [-0.05, 0) is 63.6 Å². The largest absolute Gasteiger partial charge is 0.324 e. The maximum Gasteiger partial charge on any atom is 0.268 e. The molecule has 1 heterocycles. The number of carbonyl (C=O) groups is 1. The molecule has 1 amide bonds. The minimum Gasteiger partial charge on any atom is -0.324 e. The van der Waals surface area contributed by atoms with Crippen molar-refractivity contribution in [3.05, 3.63) is 70.0 Å². The summed E-state index contributed by atoms with van der Waals surface area (Å²) in [6, 6.07) is 12.1. The summed E-state index contributed by atoms with van der Waals surface area (Å²) in [4.78, 5) is 13.0. The van der Waals surface area contributed by atoms with Gasteiger partial charge >= 0.3 is 0 Å². The topological polar surface area (TPSA) is 84.3 Å².